The Morgan fingerprint density at radius 3 is 2.62 bits per heavy atom. The van der Waals surface area contributed by atoms with Gasteiger partial charge in [-0.2, -0.15) is 0 Å². The second kappa shape index (κ2) is 12.5. The summed E-state index contributed by atoms with van der Waals surface area (Å²) in [5.74, 6) is 0.652. The first-order valence-electron chi connectivity index (χ1n) is 9.27. The number of guanidine groups is 1. The van der Waals surface area contributed by atoms with E-state index in [0.29, 0.717) is 6.04 Å². The Balaban J connectivity index is 0.00000338. The zero-order valence-electron chi connectivity index (χ0n) is 16.2. The number of nitrogens with zero attached hydrogens (tertiary/aromatic N) is 3. The zero-order chi connectivity index (χ0) is 18.1. The van der Waals surface area contributed by atoms with E-state index in [0.717, 1.165) is 63.8 Å². The number of benzene rings is 1. The number of halogens is 2. The van der Waals surface area contributed by atoms with E-state index >= 15 is 0 Å². The Morgan fingerprint density at radius 1 is 1.23 bits per heavy atom. The molecule has 2 N–H and O–H groups in total. The summed E-state index contributed by atoms with van der Waals surface area (Å²) in [5.41, 5.74) is 0.995. The van der Waals surface area contributed by atoms with Crippen molar-refractivity contribution >= 4 is 29.9 Å². The predicted molar refractivity (Wildman–Crippen MR) is 118 cm³/mol. The fourth-order valence-corrected chi connectivity index (χ4v) is 2.96. The van der Waals surface area contributed by atoms with Crippen molar-refractivity contribution in [2.75, 3.05) is 52.9 Å². The van der Waals surface area contributed by atoms with E-state index in [2.05, 4.69) is 41.3 Å². The van der Waals surface area contributed by atoms with E-state index in [-0.39, 0.29) is 29.8 Å². The van der Waals surface area contributed by atoms with Crippen LogP contribution in [0.1, 0.15) is 19.4 Å². The Kier molecular flexibility index (Phi) is 11.1. The van der Waals surface area contributed by atoms with Crippen LogP contribution in [0.15, 0.2) is 29.3 Å². The number of likely N-dealkylation sites (N-methyl/N-ethyl adjacent to an activating group) is 1. The number of hydrogen-bond donors (Lipinski definition) is 2. The largest absolute Gasteiger partial charge is 0.357 e. The molecule has 148 valence electrons. The quantitative estimate of drug-likeness (QED) is 0.359. The van der Waals surface area contributed by atoms with Crippen LogP contribution in [0.4, 0.5) is 4.39 Å². The average molecular weight is 477 g/mol. The minimum absolute atomic E-state index is 0. The third kappa shape index (κ3) is 8.18. The van der Waals surface area contributed by atoms with Gasteiger partial charge in [-0.3, -0.25) is 9.89 Å². The maximum atomic E-state index is 13.2. The molecule has 26 heavy (non-hydrogen) atoms. The molecule has 0 spiro atoms. The first kappa shape index (κ1) is 23.1. The van der Waals surface area contributed by atoms with Crippen molar-refractivity contribution < 1.29 is 4.39 Å². The topological polar surface area (TPSA) is 42.9 Å². The molecule has 1 fully saturated rings. The molecule has 1 aliphatic heterocycles. The highest BCUT2D eigenvalue weighted by Gasteiger charge is 2.18. The molecule has 0 aromatic heterocycles. The Hall–Kier alpha value is -0.930. The monoisotopic (exact) mass is 477 g/mol. The van der Waals surface area contributed by atoms with E-state index < -0.39 is 0 Å². The lowest BCUT2D eigenvalue weighted by molar-refractivity contribution is 0.122. The molecular weight excluding hydrogens is 444 g/mol. The van der Waals surface area contributed by atoms with Crippen molar-refractivity contribution in [2.45, 2.75) is 26.3 Å². The molecule has 1 aromatic rings. The van der Waals surface area contributed by atoms with Gasteiger partial charge in [0, 0.05) is 45.3 Å². The second-order valence-electron chi connectivity index (χ2n) is 6.71. The van der Waals surface area contributed by atoms with Crippen LogP contribution < -0.4 is 10.6 Å². The lowest BCUT2D eigenvalue weighted by Crippen LogP contribution is -2.49. The van der Waals surface area contributed by atoms with Gasteiger partial charge in [0.15, 0.2) is 5.96 Å². The van der Waals surface area contributed by atoms with Crippen LogP contribution in [0.25, 0.3) is 0 Å². The highest BCUT2D eigenvalue weighted by molar-refractivity contribution is 14.0. The average Bonchev–Trinajstić information content (AvgIpc) is 2.60. The van der Waals surface area contributed by atoms with Gasteiger partial charge in [0.2, 0.25) is 0 Å². The molecule has 0 bridgehead atoms. The summed E-state index contributed by atoms with van der Waals surface area (Å²) in [6.07, 6.45) is 0.774. The van der Waals surface area contributed by atoms with Gasteiger partial charge < -0.3 is 15.5 Å². The lowest BCUT2D eigenvalue weighted by Gasteiger charge is -2.35. The van der Waals surface area contributed by atoms with E-state index in [9.17, 15) is 4.39 Å². The minimum Gasteiger partial charge on any atom is -0.357 e. The van der Waals surface area contributed by atoms with Crippen LogP contribution in [-0.4, -0.2) is 74.7 Å². The number of piperazine rings is 1. The van der Waals surface area contributed by atoms with Crippen molar-refractivity contribution in [3.05, 3.63) is 35.6 Å². The first-order chi connectivity index (χ1) is 12.1. The molecule has 5 nitrogen and oxygen atoms in total. The molecule has 2 rings (SSSR count). The molecule has 7 heteroatoms. The van der Waals surface area contributed by atoms with Gasteiger partial charge in [-0.25, -0.2) is 4.39 Å². The van der Waals surface area contributed by atoms with Crippen LogP contribution in [0.3, 0.4) is 0 Å². The van der Waals surface area contributed by atoms with Crippen LogP contribution in [0, 0.1) is 5.82 Å². The number of aliphatic imine (C=N–C) groups is 1. The van der Waals surface area contributed by atoms with Gasteiger partial charge in [0.1, 0.15) is 5.82 Å². The molecule has 1 saturated heterocycles. The fraction of sp³-hybridized carbons (Fsp3) is 0.632. The van der Waals surface area contributed by atoms with Crippen LogP contribution in [0.5, 0.6) is 0 Å². The molecule has 1 atom stereocenters. The summed E-state index contributed by atoms with van der Waals surface area (Å²) in [6, 6.07) is 7.20. The molecule has 1 unspecified atom stereocenters. The number of hydrogen-bond acceptors (Lipinski definition) is 3. The van der Waals surface area contributed by atoms with Gasteiger partial charge in [-0.1, -0.05) is 12.1 Å². The van der Waals surface area contributed by atoms with Crippen molar-refractivity contribution in [2.24, 2.45) is 4.99 Å². The minimum atomic E-state index is -0.181. The maximum Gasteiger partial charge on any atom is 0.191 e. The van der Waals surface area contributed by atoms with E-state index in [1.807, 2.05) is 6.07 Å². The first-order valence-corrected chi connectivity index (χ1v) is 9.27. The van der Waals surface area contributed by atoms with E-state index in [1.165, 1.54) is 6.07 Å². The third-order valence-electron chi connectivity index (χ3n) is 4.61. The van der Waals surface area contributed by atoms with Crippen molar-refractivity contribution in [3.63, 3.8) is 0 Å². The highest BCUT2D eigenvalue weighted by Crippen LogP contribution is 2.05. The fourth-order valence-electron chi connectivity index (χ4n) is 2.96. The summed E-state index contributed by atoms with van der Waals surface area (Å²) in [5, 5.41) is 6.63. The number of nitrogens with one attached hydrogen (secondary N) is 2. The van der Waals surface area contributed by atoms with Crippen LogP contribution in [-0.2, 0) is 6.42 Å². The van der Waals surface area contributed by atoms with Crippen LogP contribution in [0.2, 0.25) is 0 Å². The van der Waals surface area contributed by atoms with Crippen LogP contribution >= 0.6 is 24.0 Å². The maximum absolute atomic E-state index is 13.2. The molecular formula is C19H33FIN5. The molecule has 0 saturated carbocycles. The van der Waals surface area contributed by atoms with Gasteiger partial charge in [-0.05, 0) is 45.0 Å². The molecule has 0 radical (unpaired) electrons. The summed E-state index contributed by atoms with van der Waals surface area (Å²) in [6.45, 7) is 11.1. The Morgan fingerprint density at radius 2 is 1.96 bits per heavy atom. The van der Waals surface area contributed by atoms with Gasteiger partial charge >= 0.3 is 0 Å². The van der Waals surface area contributed by atoms with Gasteiger partial charge in [0.25, 0.3) is 0 Å². The van der Waals surface area contributed by atoms with Gasteiger partial charge in [0.05, 0.1) is 6.54 Å². The van der Waals surface area contributed by atoms with Crippen molar-refractivity contribution in [1.82, 2.24) is 20.4 Å². The lowest BCUT2D eigenvalue weighted by atomic mass is 10.1. The molecule has 1 heterocycles. The van der Waals surface area contributed by atoms with Crippen molar-refractivity contribution in [1.29, 1.82) is 0 Å². The molecule has 0 amide bonds. The smallest absolute Gasteiger partial charge is 0.191 e. The number of rotatable bonds is 7. The molecule has 0 aliphatic carbocycles. The zero-order valence-corrected chi connectivity index (χ0v) is 18.5. The highest BCUT2D eigenvalue weighted by atomic mass is 127. The van der Waals surface area contributed by atoms with Crippen molar-refractivity contribution in [3.8, 4) is 0 Å². The predicted octanol–water partition coefficient (Wildman–Crippen LogP) is 2.18. The summed E-state index contributed by atoms with van der Waals surface area (Å²) < 4.78 is 13.2. The molecule has 1 aliphatic rings. The van der Waals surface area contributed by atoms with E-state index in [4.69, 9.17) is 4.99 Å². The SMILES string of the molecule is CCNC(=NCC(C)N1CCN(C)CC1)NCCc1cccc(F)c1.I. The normalized spacial score (nSPS) is 17.5. The molecule has 1 aromatic carbocycles. The van der Waals surface area contributed by atoms with Gasteiger partial charge in [-0.15, -0.1) is 24.0 Å². The standard InChI is InChI=1S/C19H32FN5.HI/c1-4-21-19(22-9-8-17-6-5-7-18(20)14-17)23-15-16(2)25-12-10-24(3)11-13-25;/h5-7,14,16H,4,8-13,15H2,1-3H3,(H2,21,22,23);1H. The summed E-state index contributed by atoms with van der Waals surface area (Å²) >= 11 is 0. The Bertz CT molecular complexity index is 546. The summed E-state index contributed by atoms with van der Waals surface area (Å²) in [4.78, 5) is 9.59. The summed E-state index contributed by atoms with van der Waals surface area (Å²) in [7, 11) is 2.17. The van der Waals surface area contributed by atoms with E-state index in [1.54, 1.807) is 12.1 Å². The Labute approximate surface area is 174 Å². The third-order valence-corrected chi connectivity index (χ3v) is 4.61. The second-order valence-corrected chi connectivity index (χ2v) is 6.71.